The minimum atomic E-state index is -1.59. The highest BCUT2D eigenvalue weighted by Crippen LogP contribution is 2.26. The van der Waals surface area contributed by atoms with Gasteiger partial charge in [0.15, 0.2) is 6.10 Å². The van der Waals surface area contributed by atoms with Crippen LogP contribution in [0.15, 0.2) is 18.2 Å². The number of H-pyrrole nitrogens is 1. The SMILES string of the molecule is CCOC(=O)C(O)c1ccc2[nH]c(C)cc2c1F. The Morgan fingerprint density at radius 3 is 2.94 bits per heavy atom. The van der Waals surface area contributed by atoms with Crippen LogP contribution in [0, 0.1) is 12.7 Å². The number of ether oxygens (including phenoxy) is 1. The van der Waals surface area contributed by atoms with Crippen LogP contribution in [0.3, 0.4) is 0 Å². The number of fused-ring (bicyclic) bond motifs is 1. The van der Waals surface area contributed by atoms with Crippen molar-refractivity contribution in [3.63, 3.8) is 0 Å². The molecule has 2 rings (SSSR count). The number of carbonyl (C=O) groups excluding carboxylic acids is 1. The van der Waals surface area contributed by atoms with Crippen LogP contribution in [0.2, 0.25) is 0 Å². The van der Waals surface area contributed by atoms with Crippen molar-refractivity contribution in [2.75, 3.05) is 6.61 Å². The summed E-state index contributed by atoms with van der Waals surface area (Å²) in [6, 6.07) is 4.64. The van der Waals surface area contributed by atoms with Crippen molar-refractivity contribution >= 4 is 16.9 Å². The highest BCUT2D eigenvalue weighted by molar-refractivity contribution is 5.84. The normalized spacial score (nSPS) is 12.7. The summed E-state index contributed by atoms with van der Waals surface area (Å²) in [4.78, 5) is 14.4. The molecule has 96 valence electrons. The maximum atomic E-state index is 14.1. The zero-order valence-electron chi connectivity index (χ0n) is 10.2. The minimum absolute atomic E-state index is 0.0695. The molecule has 0 spiro atoms. The average Bonchev–Trinajstić information content (AvgIpc) is 2.71. The molecule has 0 amide bonds. The topological polar surface area (TPSA) is 62.3 Å². The van der Waals surface area contributed by atoms with Gasteiger partial charge in [-0.05, 0) is 26.0 Å². The van der Waals surface area contributed by atoms with Crippen LogP contribution in [-0.4, -0.2) is 22.7 Å². The Labute approximate surface area is 103 Å². The number of benzene rings is 1. The van der Waals surface area contributed by atoms with Crippen LogP contribution in [0.5, 0.6) is 0 Å². The second-order valence-electron chi connectivity index (χ2n) is 4.04. The first-order chi connectivity index (χ1) is 8.54. The molecule has 0 bridgehead atoms. The van der Waals surface area contributed by atoms with Gasteiger partial charge in [-0.15, -0.1) is 0 Å². The Kier molecular flexibility index (Phi) is 3.34. The number of aromatic nitrogens is 1. The average molecular weight is 251 g/mol. The summed E-state index contributed by atoms with van der Waals surface area (Å²) >= 11 is 0. The number of carbonyl (C=O) groups is 1. The predicted molar refractivity (Wildman–Crippen MR) is 64.6 cm³/mol. The lowest BCUT2D eigenvalue weighted by molar-refractivity contribution is -0.153. The van der Waals surface area contributed by atoms with Crippen LogP contribution >= 0.6 is 0 Å². The van der Waals surface area contributed by atoms with Crippen LogP contribution in [0.25, 0.3) is 10.9 Å². The fraction of sp³-hybridized carbons (Fsp3) is 0.308. The Bertz CT molecular complexity index is 591. The molecule has 0 fully saturated rings. The van der Waals surface area contributed by atoms with Gasteiger partial charge in [0.05, 0.1) is 6.61 Å². The minimum Gasteiger partial charge on any atom is -0.464 e. The van der Waals surface area contributed by atoms with Crippen LogP contribution in [0.1, 0.15) is 24.3 Å². The Hall–Kier alpha value is -1.88. The highest BCUT2D eigenvalue weighted by atomic mass is 19.1. The van der Waals surface area contributed by atoms with E-state index < -0.39 is 17.9 Å². The van der Waals surface area contributed by atoms with Crippen molar-refractivity contribution in [1.82, 2.24) is 4.98 Å². The molecule has 2 N–H and O–H groups in total. The molecule has 5 heteroatoms. The monoisotopic (exact) mass is 251 g/mol. The number of rotatable bonds is 3. The van der Waals surface area contributed by atoms with Gasteiger partial charge in [-0.1, -0.05) is 6.07 Å². The fourth-order valence-corrected chi connectivity index (χ4v) is 1.88. The first kappa shape index (κ1) is 12.6. The van der Waals surface area contributed by atoms with Gasteiger partial charge in [0.2, 0.25) is 0 Å². The zero-order chi connectivity index (χ0) is 13.3. The number of esters is 1. The third kappa shape index (κ3) is 2.09. The molecule has 1 aromatic heterocycles. The van der Waals surface area contributed by atoms with E-state index in [2.05, 4.69) is 9.72 Å². The van der Waals surface area contributed by atoms with Gasteiger partial charge in [-0.25, -0.2) is 9.18 Å². The van der Waals surface area contributed by atoms with Gasteiger partial charge >= 0.3 is 5.97 Å². The second-order valence-corrected chi connectivity index (χ2v) is 4.04. The van der Waals surface area contributed by atoms with E-state index in [1.54, 1.807) is 26.0 Å². The summed E-state index contributed by atoms with van der Waals surface area (Å²) in [6.07, 6.45) is -1.59. The lowest BCUT2D eigenvalue weighted by Gasteiger charge is -2.11. The third-order valence-corrected chi connectivity index (χ3v) is 2.71. The van der Waals surface area contributed by atoms with Crippen molar-refractivity contribution in [1.29, 1.82) is 0 Å². The standard InChI is InChI=1S/C13H14FNO3/c1-3-18-13(17)12(16)8-4-5-10-9(11(8)14)6-7(2)15-10/h4-6,12,15-16H,3H2,1-2H3. The molecule has 0 radical (unpaired) electrons. The maximum absolute atomic E-state index is 14.1. The smallest absolute Gasteiger partial charge is 0.339 e. The molecule has 1 aromatic carbocycles. The number of aliphatic hydroxyl groups is 1. The molecule has 0 saturated carbocycles. The van der Waals surface area contributed by atoms with Crippen LogP contribution in [0.4, 0.5) is 4.39 Å². The van der Waals surface area contributed by atoms with Gasteiger partial charge in [0, 0.05) is 22.2 Å². The van der Waals surface area contributed by atoms with Gasteiger partial charge in [-0.3, -0.25) is 0 Å². The number of aryl methyl sites for hydroxylation is 1. The summed E-state index contributed by atoms with van der Waals surface area (Å²) in [5.74, 6) is -1.44. The fourth-order valence-electron chi connectivity index (χ4n) is 1.88. The lowest BCUT2D eigenvalue weighted by Crippen LogP contribution is -2.16. The maximum Gasteiger partial charge on any atom is 0.339 e. The number of nitrogens with one attached hydrogen (secondary N) is 1. The van der Waals surface area contributed by atoms with E-state index >= 15 is 0 Å². The number of hydrogen-bond donors (Lipinski definition) is 2. The van der Waals surface area contributed by atoms with E-state index in [0.717, 1.165) is 5.69 Å². The van der Waals surface area contributed by atoms with Crippen molar-refractivity contribution in [2.24, 2.45) is 0 Å². The molecular formula is C13H14FNO3. The quantitative estimate of drug-likeness (QED) is 0.822. The summed E-state index contributed by atoms with van der Waals surface area (Å²) in [5.41, 5.74) is 1.37. The summed E-state index contributed by atoms with van der Waals surface area (Å²) < 4.78 is 18.8. The van der Waals surface area contributed by atoms with Gasteiger partial charge < -0.3 is 14.8 Å². The van der Waals surface area contributed by atoms with E-state index in [-0.39, 0.29) is 12.2 Å². The first-order valence-electron chi connectivity index (χ1n) is 5.67. The highest BCUT2D eigenvalue weighted by Gasteiger charge is 2.23. The number of aliphatic hydroxyl groups excluding tert-OH is 1. The summed E-state index contributed by atoms with van der Waals surface area (Å²) in [5, 5.41) is 10.1. The number of hydrogen-bond acceptors (Lipinski definition) is 3. The van der Waals surface area contributed by atoms with E-state index in [1.807, 2.05) is 0 Å². The second kappa shape index (κ2) is 4.78. The lowest BCUT2D eigenvalue weighted by atomic mass is 10.1. The zero-order valence-corrected chi connectivity index (χ0v) is 10.2. The van der Waals surface area contributed by atoms with E-state index in [0.29, 0.717) is 10.9 Å². The molecule has 0 aliphatic carbocycles. The molecule has 18 heavy (non-hydrogen) atoms. The molecule has 1 unspecified atom stereocenters. The third-order valence-electron chi connectivity index (χ3n) is 2.71. The molecule has 2 aromatic rings. The molecule has 0 aliphatic rings. The Morgan fingerprint density at radius 1 is 1.56 bits per heavy atom. The molecule has 1 atom stereocenters. The van der Waals surface area contributed by atoms with E-state index in [1.165, 1.54) is 6.07 Å². The van der Waals surface area contributed by atoms with Crippen LogP contribution < -0.4 is 0 Å². The molecule has 0 saturated heterocycles. The van der Waals surface area contributed by atoms with Gasteiger partial charge in [0.1, 0.15) is 5.82 Å². The van der Waals surface area contributed by atoms with E-state index in [4.69, 9.17) is 0 Å². The van der Waals surface area contributed by atoms with Crippen molar-refractivity contribution in [2.45, 2.75) is 20.0 Å². The summed E-state index contributed by atoms with van der Waals surface area (Å²) in [7, 11) is 0. The Morgan fingerprint density at radius 2 is 2.28 bits per heavy atom. The number of halogens is 1. The predicted octanol–water partition coefficient (Wildman–Crippen LogP) is 2.21. The van der Waals surface area contributed by atoms with Crippen molar-refractivity contribution < 1.29 is 19.0 Å². The summed E-state index contributed by atoms with van der Waals surface area (Å²) in [6.45, 7) is 3.57. The molecule has 1 heterocycles. The van der Waals surface area contributed by atoms with Crippen LogP contribution in [-0.2, 0) is 9.53 Å². The number of aromatic amines is 1. The van der Waals surface area contributed by atoms with Crippen molar-refractivity contribution in [3.05, 3.63) is 35.3 Å². The molecule has 0 aliphatic heterocycles. The molecular weight excluding hydrogens is 237 g/mol. The van der Waals surface area contributed by atoms with Gasteiger partial charge in [0.25, 0.3) is 0 Å². The van der Waals surface area contributed by atoms with Gasteiger partial charge in [-0.2, -0.15) is 0 Å². The first-order valence-corrected chi connectivity index (χ1v) is 5.67. The van der Waals surface area contributed by atoms with Crippen molar-refractivity contribution in [3.8, 4) is 0 Å². The largest absolute Gasteiger partial charge is 0.464 e. The molecule has 4 nitrogen and oxygen atoms in total. The van der Waals surface area contributed by atoms with E-state index in [9.17, 15) is 14.3 Å². The Balaban J connectivity index is 2.45.